The normalized spacial score (nSPS) is 13.4. The lowest BCUT2D eigenvalue weighted by atomic mass is 10.2. The first-order valence-corrected chi connectivity index (χ1v) is 7.78. The molecule has 0 fully saturated rings. The van der Waals surface area contributed by atoms with E-state index in [1.54, 1.807) is 15.9 Å². The lowest BCUT2D eigenvalue weighted by molar-refractivity contribution is -0.156. The maximum atomic E-state index is 13.7. The van der Waals surface area contributed by atoms with Gasteiger partial charge in [0.15, 0.2) is 0 Å². The number of rotatable bonds is 3. The van der Waals surface area contributed by atoms with Crippen LogP contribution in [0.4, 0.5) is 30.7 Å². The van der Waals surface area contributed by atoms with Gasteiger partial charge in [-0.25, -0.2) is 4.98 Å². The van der Waals surface area contributed by atoms with Crippen molar-refractivity contribution >= 4 is 39.1 Å². The molecule has 0 saturated carbocycles. The number of imidazole rings is 1. The van der Waals surface area contributed by atoms with E-state index in [0.717, 1.165) is 4.57 Å². The zero-order valence-corrected chi connectivity index (χ0v) is 15.0. The van der Waals surface area contributed by atoms with Crippen LogP contribution in [0, 0.1) is 6.92 Å². The summed E-state index contributed by atoms with van der Waals surface area (Å²) >= 11 is 13.1. The fraction of sp³-hybridized carbons (Fsp3) is 0.308. The molecule has 0 atom stereocenters. The van der Waals surface area contributed by atoms with E-state index >= 15 is 0 Å². The van der Waals surface area contributed by atoms with Crippen LogP contribution in [0.2, 0.25) is 10.0 Å². The van der Waals surface area contributed by atoms with Gasteiger partial charge in [-0.15, -0.1) is 0 Å². The van der Waals surface area contributed by atoms with E-state index in [1.165, 1.54) is 6.92 Å². The largest absolute Gasteiger partial charge is 0.416 e. The molecule has 0 radical (unpaired) electrons. The Bertz CT molecular complexity index is 789. The number of nitrogens with zero attached hydrogens (tertiary/aromatic N) is 2. The minimum atomic E-state index is -4.73. The topological polar surface area (TPSA) is 17.8 Å². The smallest absolute Gasteiger partial charge is 0.300 e. The molecule has 1 heterocycles. The molecule has 0 aliphatic carbocycles. The fourth-order valence-corrected chi connectivity index (χ4v) is 2.83. The summed E-state index contributed by atoms with van der Waals surface area (Å²) in [5.74, 6) is -4.90. The lowest BCUT2D eigenvalue weighted by Crippen LogP contribution is -2.32. The van der Waals surface area contributed by atoms with Gasteiger partial charge in [-0.1, -0.05) is 23.2 Å². The Labute approximate surface area is 154 Å². The molecule has 25 heavy (non-hydrogen) atoms. The molecule has 138 valence electrons. The molecule has 2 aromatic rings. The van der Waals surface area contributed by atoms with E-state index in [4.69, 9.17) is 23.2 Å². The van der Waals surface area contributed by atoms with Gasteiger partial charge in [-0.2, -0.15) is 30.7 Å². The van der Waals surface area contributed by atoms with Crippen molar-refractivity contribution in [2.45, 2.75) is 23.9 Å². The van der Waals surface area contributed by atoms with Crippen LogP contribution in [0.15, 0.2) is 18.3 Å². The molecule has 1 aromatic heterocycles. The van der Waals surface area contributed by atoms with E-state index < -0.39 is 38.2 Å². The van der Waals surface area contributed by atoms with Crippen molar-refractivity contribution < 1.29 is 30.7 Å². The SMILES string of the molecule is Cc1nc(C(F)(F)C(F)(F)Br)cn1-c1c(Cl)cc(C(F)(F)F)cc1Cl. The minimum absolute atomic E-state index is 0.227. The number of hydrogen-bond acceptors (Lipinski definition) is 1. The Morgan fingerprint density at radius 3 is 1.88 bits per heavy atom. The second kappa shape index (κ2) is 6.31. The van der Waals surface area contributed by atoms with Gasteiger partial charge in [0.05, 0.1) is 21.3 Å². The molecule has 12 heteroatoms. The molecule has 1 aromatic carbocycles. The maximum absolute atomic E-state index is 13.7. The van der Waals surface area contributed by atoms with Crippen LogP contribution in [0.3, 0.4) is 0 Å². The Hall–Kier alpha value is -1.00. The number of aromatic nitrogens is 2. The van der Waals surface area contributed by atoms with E-state index in [1.807, 2.05) is 0 Å². The summed E-state index contributed by atoms with van der Waals surface area (Å²) < 4.78 is 92.4. The van der Waals surface area contributed by atoms with Crippen molar-refractivity contribution in [3.05, 3.63) is 45.5 Å². The number of alkyl halides is 8. The average molecular weight is 474 g/mol. The third kappa shape index (κ3) is 3.75. The van der Waals surface area contributed by atoms with Crippen LogP contribution >= 0.6 is 39.1 Å². The standard InChI is InChI=1S/C13H6BrCl2F7N2/c1-5-24-9(11(17,18)13(14,22)23)4-25(5)10-7(15)2-6(3-8(10)16)12(19,20)21/h2-4H,1H3. The maximum Gasteiger partial charge on any atom is 0.416 e. The van der Waals surface area contributed by atoms with Crippen LogP contribution in [0.25, 0.3) is 5.69 Å². The summed E-state index contributed by atoms with van der Waals surface area (Å²) in [5, 5.41) is -1.03. The molecule has 0 aliphatic rings. The van der Waals surface area contributed by atoms with E-state index in [0.29, 0.717) is 18.3 Å². The van der Waals surface area contributed by atoms with E-state index in [9.17, 15) is 30.7 Å². The van der Waals surface area contributed by atoms with Crippen LogP contribution in [0.5, 0.6) is 0 Å². The van der Waals surface area contributed by atoms with E-state index in [2.05, 4.69) is 4.98 Å². The molecule has 2 rings (SSSR count). The Morgan fingerprint density at radius 1 is 1.00 bits per heavy atom. The van der Waals surface area contributed by atoms with Crippen LogP contribution in [0.1, 0.15) is 17.1 Å². The number of benzene rings is 1. The van der Waals surface area contributed by atoms with Crippen molar-refractivity contribution in [2.24, 2.45) is 0 Å². The molecule has 0 saturated heterocycles. The van der Waals surface area contributed by atoms with Crippen LogP contribution in [-0.4, -0.2) is 14.4 Å². The van der Waals surface area contributed by atoms with Crippen LogP contribution < -0.4 is 0 Å². The van der Waals surface area contributed by atoms with Gasteiger partial charge < -0.3 is 4.57 Å². The molecule has 0 bridgehead atoms. The Balaban J connectivity index is 2.62. The summed E-state index contributed by atoms with van der Waals surface area (Å²) in [6, 6.07) is 1.08. The summed E-state index contributed by atoms with van der Waals surface area (Å²) in [5.41, 5.74) is -2.75. The van der Waals surface area contributed by atoms with E-state index in [-0.39, 0.29) is 11.5 Å². The molecule has 0 unspecified atom stereocenters. The number of aryl methyl sites for hydroxylation is 1. The molecular formula is C13H6BrCl2F7N2. The fourth-order valence-electron chi connectivity index (χ4n) is 1.95. The second-order valence-corrected chi connectivity index (χ2v) is 6.71. The predicted octanol–water partition coefficient (Wildman–Crippen LogP) is 6.59. The van der Waals surface area contributed by atoms with Gasteiger partial charge in [0, 0.05) is 6.20 Å². The molecule has 0 N–H and O–H groups in total. The molecular weight excluding hydrogens is 468 g/mol. The van der Waals surface area contributed by atoms with Gasteiger partial charge in [0.1, 0.15) is 11.5 Å². The first-order chi connectivity index (χ1) is 11.2. The number of halogens is 10. The molecule has 0 amide bonds. The van der Waals surface area contributed by atoms with Gasteiger partial charge in [-0.05, 0) is 35.0 Å². The quantitative estimate of drug-likeness (QED) is 0.363. The summed E-state index contributed by atoms with van der Waals surface area (Å²) in [6.07, 6.45) is -4.20. The van der Waals surface area contributed by atoms with Crippen LogP contribution in [-0.2, 0) is 12.1 Å². The highest BCUT2D eigenvalue weighted by molar-refractivity contribution is 9.10. The predicted molar refractivity (Wildman–Crippen MR) is 81.1 cm³/mol. The number of hydrogen-bond donors (Lipinski definition) is 0. The summed E-state index contributed by atoms with van der Waals surface area (Å²) in [4.78, 5) is -1.24. The first kappa shape index (κ1) is 20.3. The molecule has 2 nitrogen and oxygen atoms in total. The monoisotopic (exact) mass is 472 g/mol. The van der Waals surface area contributed by atoms with Gasteiger partial charge in [0.2, 0.25) is 0 Å². The third-order valence-electron chi connectivity index (χ3n) is 3.15. The summed E-state index contributed by atoms with van der Waals surface area (Å²) in [7, 11) is 0. The third-order valence-corrected chi connectivity index (χ3v) is 4.22. The minimum Gasteiger partial charge on any atom is -0.300 e. The van der Waals surface area contributed by atoms with Crippen molar-refractivity contribution in [2.75, 3.05) is 0 Å². The highest BCUT2D eigenvalue weighted by Crippen LogP contribution is 2.47. The zero-order valence-electron chi connectivity index (χ0n) is 11.9. The Kier molecular flexibility index (Phi) is 5.13. The van der Waals surface area contributed by atoms with Crippen molar-refractivity contribution in [1.29, 1.82) is 0 Å². The lowest BCUT2D eigenvalue weighted by Gasteiger charge is -2.19. The van der Waals surface area contributed by atoms with Crippen molar-refractivity contribution in [1.82, 2.24) is 9.55 Å². The highest BCUT2D eigenvalue weighted by atomic mass is 79.9. The zero-order chi connectivity index (χ0) is 19.4. The van der Waals surface area contributed by atoms with Crippen molar-refractivity contribution in [3.63, 3.8) is 0 Å². The average Bonchev–Trinajstić information content (AvgIpc) is 2.78. The van der Waals surface area contributed by atoms with Gasteiger partial charge >= 0.3 is 16.9 Å². The Morgan fingerprint density at radius 2 is 1.48 bits per heavy atom. The first-order valence-electron chi connectivity index (χ1n) is 6.24. The molecule has 0 spiro atoms. The summed E-state index contributed by atoms with van der Waals surface area (Å²) in [6.45, 7) is 1.18. The highest BCUT2D eigenvalue weighted by Gasteiger charge is 2.57. The van der Waals surface area contributed by atoms with Crippen molar-refractivity contribution in [3.8, 4) is 5.69 Å². The van der Waals surface area contributed by atoms with Gasteiger partial charge in [-0.3, -0.25) is 0 Å². The van der Waals surface area contributed by atoms with Gasteiger partial charge in [0.25, 0.3) is 0 Å². The molecule has 0 aliphatic heterocycles. The second-order valence-electron chi connectivity index (χ2n) is 4.90.